The molecule has 0 aliphatic carbocycles. The third kappa shape index (κ3) is 2.98. The van der Waals surface area contributed by atoms with E-state index in [4.69, 9.17) is 16.3 Å². The van der Waals surface area contributed by atoms with E-state index < -0.39 is 10.9 Å². The van der Waals surface area contributed by atoms with Gasteiger partial charge in [0.05, 0.1) is 18.4 Å². The van der Waals surface area contributed by atoms with Crippen molar-refractivity contribution in [2.75, 3.05) is 12.4 Å². The molecule has 23 heavy (non-hydrogen) atoms. The van der Waals surface area contributed by atoms with E-state index >= 15 is 0 Å². The molecule has 0 saturated heterocycles. The second kappa shape index (κ2) is 6.26. The summed E-state index contributed by atoms with van der Waals surface area (Å²) in [4.78, 5) is 23.7. The van der Waals surface area contributed by atoms with E-state index in [0.717, 1.165) is 11.3 Å². The van der Waals surface area contributed by atoms with Crippen molar-refractivity contribution in [3.05, 3.63) is 79.6 Å². The molecule has 0 radical (unpaired) electrons. The summed E-state index contributed by atoms with van der Waals surface area (Å²) in [6.45, 7) is 0.433. The number of hydrogen-bond donors (Lipinski definition) is 1. The van der Waals surface area contributed by atoms with Gasteiger partial charge in [-0.05, 0) is 35.4 Å². The van der Waals surface area contributed by atoms with Crippen LogP contribution in [0, 0.1) is 0 Å². The van der Waals surface area contributed by atoms with E-state index in [2.05, 4.69) is 5.32 Å². The maximum Gasteiger partial charge on any atom is 0.250 e. The minimum atomic E-state index is -0.488. The molecule has 0 spiro atoms. The third-order valence-electron chi connectivity index (χ3n) is 3.65. The summed E-state index contributed by atoms with van der Waals surface area (Å²) in [5, 5.41) is 3.63. The molecule has 1 N–H and O–H groups in total. The quantitative estimate of drug-likeness (QED) is 0.731. The van der Waals surface area contributed by atoms with E-state index in [1.54, 1.807) is 31.4 Å². The van der Waals surface area contributed by atoms with Crippen molar-refractivity contribution in [3.8, 4) is 16.9 Å². The number of nitrogens with one attached hydrogen (secondary N) is 1. The fraction of sp³-hybridized carbons (Fsp3) is 0.111. The number of ether oxygens (including phenoxy) is 1. The van der Waals surface area contributed by atoms with Gasteiger partial charge in [-0.2, -0.15) is 0 Å². The fourth-order valence-corrected chi connectivity index (χ4v) is 2.55. The largest absolute Gasteiger partial charge is 0.497 e. The molecular formula is C18H14ClNO3. The Morgan fingerprint density at radius 3 is 2.48 bits per heavy atom. The van der Waals surface area contributed by atoms with Gasteiger partial charge in [-0.1, -0.05) is 35.9 Å². The summed E-state index contributed by atoms with van der Waals surface area (Å²) in [5.74, 6) is 0.743. The first-order valence-corrected chi connectivity index (χ1v) is 7.44. The number of methoxy groups -OCH3 is 1. The third-order valence-corrected chi connectivity index (χ3v) is 3.90. The SMILES string of the molecule is COc1cccc(CNc2c(-c3ccc(Cl)cc3)c(=O)c2=O)c1. The molecular weight excluding hydrogens is 314 g/mol. The van der Waals surface area contributed by atoms with Crippen molar-refractivity contribution in [1.29, 1.82) is 0 Å². The van der Waals surface area contributed by atoms with Crippen molar-refractivity contribution >= 4 is 17.3 Å². The lowest BCUT2D eigenvalue weighted by Crippen LogP contribution is -2.36. The van der Waals surface area contributed by atoms with Crippen LogP contribution in [0.1, 0.15) is 5.56 Å². The van der Waals surface area contributed by atoms with Gasteiger partial charge in [-0.25, -0.2) is 0 Å². The minimum absolute atomic E-state index is 0.347. The van der Waals surface area contributed by atoms with Crippen LogP contribution in [0.2, 0.25) is 5.02 Å². The molecule has 5 heteroatoms. The highest BCUT2D eigenvalue weighted by molar-refractivity contribution is 6.30. The van der Waals surface area contributed by atoms with Crippen LogP contribution in [-0.4, -0.2) is 7.11 Å². The van der Waals surface area contributed by atoms with Crippen LogP contribution in [0.15, 0.2) is 58.1 Å². The molecule has 0 amide bonds. The van der Waals surface area contributed by atoms with Crippen molar-refractivity contribution in [3.63, 3.8) is 0 Å². The summed E-state index contributed by atoms with van der Waals surface area (Å²) in [6, 6.07) is 14.4. The smallest absolute Gasteiger partial charge is 0.250 e. The Morgan fingerprint density at radius 2 is 1.78 bits per heavy atom. The van der Waals surface area contributed by atoms with E-state index in [9.17, 15) is 9.59 Å². The van der Waals surface area contributed by atoms with Crippen LogP contribution in [0.25, 0.3) is 11.1 Å². The molecule has 4 nitrogen and oxygen atoms in total. The zero-order valence-corrected chi connectivity index (χ0v) is 13.2. The van der Waals surface area contributed by atoms with Crippen LogP contribution in [-0.2, 0) is 6.54 Å². The average Bonchev–Trinajstić information content (AvgIpc) is 2.59. The lowest BCUT2D eigenvalue weighted by molar-refractivity contribution is 0.414. The van der Waals surface area contributed by atoms with E-state index in [-0.39, 0.29) is 0 Å². The van der Waals surface area contributed by atoms with E-state index in [0.29, 0.717) is 28.4 Å². The predicted molar refractivity (Wildman–Crippen MR) is 92.1 cm³/mol. The van der Waals surface area contributed by atoms with Gasteiger partial charge < -0.3 is 10.1 Å². The minimum Gasteiger partial charge on any atom is -0.497 e. The fourth-order valence-electron chi connectivity index (χ4n) is 2.43. The van der Waals surface area contributed by atoms with Crippen molar-refractivity contribution < 1.29 is 4.74 Å². The van der Waals surface area contributed by atoms with Crippen LogP contribution in [0.4, 0.5) is 5.69 Å². The molecule has 0 bridgehead atoms. The standard InChI is InChI=1S/C18H14ClNO3/c1-23-14-4-2-3-11(9-14)10-20-16-15(17(21)18(16)22)12-5-7-13(19)8-6-12/h2-9,20H,10H2,1H3. The number of anilines is 1. The molecule has 0 aliphatic rings. The van der Waals surface area contributed by atoms with Gasteiger partial charge >= 0.3 is 0 Å². The highest BCUT2D eigenvalue weighted by Crippen LogP contribution is 2.25. The van der Waals surface area contributed by atoms with Crippen LogP contribution < -0.4 is 20.9 Å². The molecule has 116 valence electrons. The summed E-state index contributed by atoms with van der Waals surface area (Å²) in [6.07, 6.45) is 0. The summed E-state index contributed by atoms with van der Waals surface area (Å²) in [7, 11) is 1.60. The van der Waals surface area contributed by atoms with Gasteiger partial charge in [0.2, 0.25) is 10.9 Å². The Morgan fingerprint density at radius 1 is 1.04 bits per heavy atom. The Labute approximate surface area is 138 Å². The number of rotatable bonds is 5. The van der Waals surface area contributed by atoms with Crippen LogP contribution >= 0.6 is 11.6 Å². The first-order chi connectivity index (χ1) is 11.1. The lowest BCUT2D eigenvalue weighted by Gasteiger charge is -2.14. The first kappa shape index (κ1) is 15.3. The highest BCUT2D eigenvalue weighted by Gasteiger charge is 2.21. The molecule has 0 fully saturated rings. The normalized spacial score (nSPS) is 10.7. The van der Waals surface area contributed by atoms with Gasteiger partial charge in [0.1, 0.15) is 5.75 Å². The molecule has 0 aromatic heterocycles. The maximum absolute atomic E-state index is 11.9. The van der Waals surface area contributed by atoms with Crippen LogP contribution in [0.3, 0.4) is 0 Å². The zero-order valence-electron chi connectivity index (χ0n) is 12.4. The molecule has 3 aromatic rings. The van der Waals surface area contributed by atoms with E-state index in [1.165, 1.54) is 0 Å². The molecule has 3 rings (SSSR count). The van der Waals surface area contributed by atoms with Crippen molar-refractivity contribution in [2.24, 2.45) is 0 Å². The summed E-state index contributed by atoms with van der Waals surface area (Å²) >= 11 is 5.85. The molecule has 0 saturated carbocycles. The summed E-state index contributed by atoms with van der Waals surface area (Å²) in [5.41, 5.74) is 1.44. The Kier molecular flexibility index (Phi) is 4.17. The molecule has 0 heterocycles. The number of hydrogen-bond acceptors (Lipinski definition) is 4. The van der Waals surface area contributed by atoms with Gasteiger partial charge in [0.15, 0.2) is 0 Å². The second-order valence-corrected chi connectivity index (χ2v) is 5.56. The van der Waals surface area contributed by atoms with Gasteiger partial charge in [-0.15, -0.1) is 0 Å². The second-order valence-electron chi connectivity index (χ2n) is 5.12. The van der Waals surface area contributed by atoms with Gasteiger partial charge in [0.25, 0.3) is 0 Å². The summed E-state index contributed by atoms with van der Waals surface area (Å²) < 4.78 is 5.17. The lowest BCUT2D eigenvalue weighted by atomic mass is 9.98. The molecule has 0 aliphatic heterocycles. The predicted octanol–water partition coefficient (Wildman–Crippen LogP) is 3.22. The number of benzene rings is 2. The molecule has 3 aromatic carbocycles. The first-order valence-electron chi connectivity index (χ1n) is 7.06. The highest BCUT2D eigenvalue weighted by atomic mass is 35.5. The molecule has 0 unspecified atom stereocenters. The molecule has 0 atom stereocenters. The van der Waals surface area contributed by atoms with E-state index in [1.807, 2.05) is 24.3 Å². The van der Waals surface area contributed by atoms with Gasteiger partial charge in [0, 0.05) is 11.6 Å². The topological polar surface area (TPSA) is 55.4 Å². The Hall–Kier alpha value is -2.59. The average molecular weight is 328 g/mol. The van der Waals surface area contributed by atoms with Crippen molar-refractivity contribution in [2.45, 2.75) is 6.54 Å². The van der Waals surface area contributed by atoms with Gasteiger partial charge in [-0.3, -0.25) is 9.59 Å². The van der Waals surface area contributed by atoms with Crippen LogP contribution in [0.5, 0.6) is 5.75 Å². The Bertz CT molecular complexity index is 909. The zero-order chi connectivity index (χ0) is 16.4. The Balaban J connectivity index is 1.84. The number of halogens is 1. The van der Waals surface area contributed by atoms with Crippen molar-refractivity contribution in [1.82, 2.24) is 0 Å². The maximum atomic E-state index is 11.9. The monoisotopic (exact) mass is 327 g/mol.